The maximum absolute atomic E-state index is 6.17. The van der Waals surface area contributed by atoms with Gasteiger partial charge in [-0.15, -0.1) is 0 Å². The van der Waals surface area contributed by atoms with Crippen LogP contribution in [0, 0.1) is 0 Å². The zero-order valence-corrected chi connectivity index (χ0v) is 15.8. The first kappa shape index (κ1) is 15.7. The second-order valence-corrected chi connectivity index (χ2v) is 7.65. The Bertz CT molecular complexity index is 1520. The molecule has 0 bridgehead atoms. The Balaban J connectivity index is 1.80. The fourth-order valence-electron chi connectivity index (χ4n) is 4.34. The molecular weight excluding hydrogens is 362 g/mol. The van der Waals surface area contributed by atoms with Crippen LogP contribution in [0.5, 0.6) is 0 Å². The van der Waals surface area contributed by atoms with Crippen LogP contribution in [0.4, 0.5) is 0 Å². The summed E-state index contributed by atoms with van der Waals surface area (Å²) in [6, 6.07) is 34.4. The van der Waals surface area contributed by atoms with Crippen molar-refractivity contribution in [2.75, 3.05) is 0 Å². The van der Waals surface area contributed by atoms with Crippen molar-refractivity contribution < 1.29 is 0 Å². The molecule has 1 heterocycles. The lowest BCUT2D eigenvalue weighted by Gasteiger charge is -2.11. The molecule has 6 rings (SSSR count). The lowest BCUT2D eigenvalue weighted by molar-refractivity contribution is 1.19. The molecule has 1 nitrogen and oxygen atoms in total. The fourth-order valence-corrected chi connectivity index (χ4v) is 4.52. The van der Waals surface area contributed by atoms with Crippen molar-refractivity contribution in [2.45, 2.75) is 0 Å². The molecule has 1 aromatic heterocycles. The molecule has 0 atom stereocenters. The van der Waals surface area contributed by atoms with Gasteiger partial charge in [0, 0.05) is 26.9 Å². The maximum Gasteiger partial charge on any atom is 0.0619 e. The summed E-state index contributed by atoms with van der Waals surface area (Å²) in [4.78, 5) is 0. The second kappa shape index (κ2) is 5.85. The summed E-state index contributed by atoms with van der Waals surface area (Å²) in [6.45, 7) is 0. The SMILES string of the molecule is Clc1ccc2cc(-n3c4ccccc4c4ccc5ccccc5c43)ccc2c1. The van der Waals surface area contributed by atoms with Crippen molar-refractivity contribution in [3.8, 4) is 5.69 Å². The third-order valence-electron chi connectivity index (χ3n) is 5.60. The topological polar surface area (TPSA) is 4.93 Å². The van der Waals surface area contributed by atoms with Crippen molar-refractivity contribution in [3.63, 3.8) is 0 Å². The second-order valence-electron chi connectivity index (χ2n) is 7.21. The van der Waals surface area contributed by atoms with Crippen LogP contribution in [0.1, 0.15) is 0 Å². The summed E-state index contributed by atoms with van der Waals surface area (Å²) in [5, 5.41) is 8.20. The Morgan fingerprint density at radius 2 is 1.25 bits per heavy atom. The van der Waals surface area contributed by atoms with Gasteiger partial charge < -0.3 is 4.57 Å². The third kappa shape index (κ3) is 2.20. The number of hydrogen-bond acceptors (Lipinski definition) is 0. The Morgan fingerprint density at radius 1 is 0.536 bits per heavy atom. The maximum atomic E-state index is 6.17. The van der Waals surface area contributed by atoms with E-state index in [2.05, 4.69) is 89.5 Å². The minimum absolute atomic E-state index is 0.767. The molecule has 0 fully saturated rings. The largest absolute Gasteiger partial charge is 0.309 e. The number of aromatic nitrogens is 1. The van der Waals surface area contributed by atoms with E-state index in [1.165, 1.54) is 38.0 Å². The van der Waals surface area contributed by atoms with Gasteiger partial charge >= 0.3 is 0 Å². The first-order chi connectivity index (χ1) is 13.8. The van der Waals surface area contributed by atoms with Gasteiger partial charge in [0.25, 0.3) is 0 Å². The molecule has 0 spiro atoms. The molecule has 0 amide bonds. The van der Waals surface area contributed by atoms with E-state index in [1.54, 1.807) is 0 Å². The van der Waals surface area contributed by atoms with E-state index < -0.39 is 0 Å². The molecular formula is C26H16ClN. The molecule has 0 unspecified atom stereocenters. The van der Waals surface area contributed by atoms with E-state index in [9.17, 15) is 0 Å². The monoisotopic (exact) mass is 377 g/mol. The zero-order valence-electron chi connectivity index (χ0n) is 15.1. The van der Waals surface area contributed by atoms with Crippen molar-refractivity contribution in [1.29, 1.82) is 0 Å². The minimum atomic E-state index is 0.767. The Kier molecular flexibility index (Phi) is 3.29. The lowest BCUT2D eigenvalue weighted by atomic mass is 10.1. The van der Waals surface area contributed by atoms with Gasteiger partial charge in [0.15, 0.2) is 0 Å². The Morgan fingerprint density at radius 3 is 2.18 bits per heavy atom. The van der Waals surface area contributed by atoms with Gasteiger partial charge in [0.05, 0.1) is 11.0 Å². The van der Waals surface area contributed by atoms with Crippen LogP contribution >= 0.6 is 11.6 Å². The van der Waals surface area contributed by atoms with Gasteiger partial charge in [-0.2, -0.15) is 0 Å². The summed E-state index contributed by atoms with van der Waals surface area (Å²) in [6.07, 6.45) is 0. The normalized spacial score (nSPS) is 11.8. The molecule has 5 aromatic carbocycles. The van der Waals surface area contributed by atoms with Gasteiger partial charge in [-0.05, 0) is 46.5 Å². The van der Waals surface area contributed by atoms with Crippen LogP contribution in [-0.2, 0) is 0 Å². The summed E-state index contributed by atoms with van der Waals surface area (Å²) in [5.74, 6) is 0. The van der Waals surface area contributed by atoms with Crippen molar-refractivity contribution in [1.82, 2.24) is 4.57 Å². The molecule has 0 saturated heterocycles. The minimum Gasteiger partial charge on any atom is -0.309 e. The van der Waals surface area contributed by atoms with Crippen LogP contribution in [0.15, 0.2) is 97.1 Å². The Hall–Kier alpha value is -3.29. The highest BCUT2D eigenvalue weighted by Gasteiger charge is 2.14. The van der Waals surface area contributed by atoms with E-state index >= 15 is 0 Å². The van der Waals surface area contributed by atoms with Gasteiger partial charge in [0.1, 0.15) is 0 Å². The van der Waals surface area contributed by atoms with Crippen molar-refractivity contribution in [3.05, 3.63) is 102 Å². The standard InChI is InChI=1S/C26H16ClN/c27-20-12-9-19-16-21(13-10-18(19)15-20)28-25-8-4-3-7-23(25)24-14-11-17-5-1-2-6-22(17)26(24)28/h1-16H. The predicted molar refractivity (Wildman–Crippen MR) is 121 cm³/mol. The van der Waals surface area contributed by atoms with Crippen molar-refractivity contribution in [2.24, 2.45) is 0 Å². The molecule has 0 N–H and O–H groups in total. The number of para-hydroxylation sites is 1. The van der Waals surface area contributed by atoms with Crippen molar-refractivity contribution >= 4 is 55.0 Å². The highest BCUT2D eigenvalue weighted by Crippen LogP contribution is 2.37. The molecule has 2 heteroatoms. The molecule has 28 heavy (non-hydrogen) atoms. The van der Waals surface area contributed by atoms with Crippen LogP contribution in [0.3, 0.4) is 0 Å². The van der Waals surface area contributed by atoms with Crippen LogP contribution in [0.25, 0.3) is 49.0 Å². The fraction of sp³-hybridized carbons (Fsp3) is 0. The van der Waals surface area contributed by atoms with Gasteiger partial charge in [-0.1, -0.05) is 78.3 Å². The summed E-state index contributed by atoms with van der Waals surface area (Å²) >= 11 is 6.17. The highest BCUT2D eigenvalue weighted by molar-refractivity contribution is 6.31. The summed E-state index contributed by atoms with van der Waals surface area (Å²) < 4.78 is 2.39. The number of hydrogen-bond donors (Lipinski definition) is 0. The lowest BCUT2D eigenvalue weighted by Crippen LogP contribution is -1.94. The van der Waals surface area contributed by atoms with Crippen LogP contribution < -0.4 is 0 Å². The number of halogens is 1. The molecule has 0 aliphatic rings. The van der Waals surface area contributed by atoms with E-state index in [0.29, 0.717) is 0 Å². The Labute approximate surface area is 167 Å². The first-order valence-electron chi connectivity index (χ1n) is 9.40. The first-order valence-corrected chi connectivity index (χ1v) is 9.78. The average molecular weight is 378 g/mol. The van der Waals surface area contributed by atoms with Crippen LogP contribution in [-0.4, -0.2) is 4.57 Å². The number of benzene rings is 5. The van der Waals surface area contributed by atoms with E-state index in [0.717, 1.165) is 16.1 Å². The van der Waals surface area contributed by atoms with E-state index in [1.807, 2.05) is 12.1 Å². The molecule has 132 valence electrons. The quantitative estimate of drug-likeness (QED) is 0.276. The van der Waals surface area contributed by atoms with Gasteiger partial charge in [-0.25, -0.2) is 0 Å². The van der Waals surface area contributed by atoms with E-state index in [4.69, 9.17) is 11.6 Å². The smallest absolute Gasteiger partial charge is 0.0619 e. The zero-order chi connectivity index (χ0) is 18.7. The molecule has 0 aliphatic carbocycles. The molecule has 0 radical (unpaired) electrons. The third-order valence-corrected chi connectivity index (χ3v) is 5.84. The molecule has 0 aliphatic heterocycles. The molecule has 0 saturated carbocycles. The molecule has 6 aromatic rings. The summed E-state index contributed by atoms with van der Waals surface area (Å²) in [7, 11) is 0. The predicted octanol–water partition coefficient (Wildman–Crippen LogP) is 7.74. The average Bonchev–Trinajstić information content (AvgIpc) is 3.08. The highest BCUT2D eigenvalue weighted by atomic mass is 35.5. The van der Waals surface area contributed by atoms with Gasteiger partial charge in [-0.3, -0.25) is 0 Å². The number of fused-ring (bicyclic) bond motifs is 6. The van der Waals surface area contributed by atoms with Crippen LogP contribution in [0.2, 0.25) is 5.02 Å². The summed E-state index contributed by atoms with van der Waals surface area (Å²) in [5.41, 5.74) is 3.65. The van der Waals surface area contributed by atoms with Gasteiger partial charge in [0.2, 0.25) is 0 Å². The number of nitrogens with zero attached hydrogens (tertiary/aromatic N) is 1. The number of rotatable bonds is 1. The van der Waals surface area contributed by atoms with E-state index in [-0.39, 0.29) is 0 Å².